The number of anilines is 1. The van der Waals surface area contributed by atoms with E-state index in [4.69, 9.17) is 23.8 Å². The predicted octanol–water partition coefficient (Wildman–Crippen LogP) is 3.35. The molecule has 1 saturated heterocycles. The van der Waals surface area contributed by atoms with Gasteiger partial charge < -0.3 is 10.2 Å². The third-order valence-electron chi connectivity index (χ3n) is 5.57. The highest BCUT2D eigenvalue weighted by molar-refractivity contribution is 7.71. The summed E-state index contributed by atoms with van der Waals surface area (Å²) in [7, 11) is 0. The number of para-hydroxylation sites is 1. The lowest BCUT2D eigenvalue weighted by molar-refractivity contribution is -0.133. The minimum Gasteiger partial charge on any atom is -0.339 e. The zero-order chi connectivity index (χ0) is 23.4. The fourth-order valence-electron chi connectivity index (χ4n) is 3.81. The fourth-order valence-corrected chi connectivity index (χ4v) is 4.19. The van der Waals surface area contributed by atoms with Crippen molar-refractivity contribution in [3.63, 3.8) is 0 Å². The van der Waals surface area contributed by atoms with Gasteiger partial charge in [-0.2, -0.15) is 5.10 Å². The third-order valence-corrected chi connectivity index (χ3v) is 6.21. The van der Waals surface area contributed by atoms with Crippen LogP contribution >= 0.6 is 23.8 Å². The standard InChI is InChI=1S/C23H25ClN6O2S/c1-16-5-4-6-17(13-16)22-26-27-23(33)30(22)15-21(32)29-11-9-28(10-12-29)14-20(31)25-19-8-3-2-7-18(19)24/h2-8,13H,9-12,14-15H2,1H3,(H,25,31)(H,27,33). The number of benzene rings is 2. The highest BCUT2D eigenvalue weighted by Gasteiger charge is 2.24. The van der Waals surface area contributed by atoms with E-state index < -0.39 is 0 Å². The Kier molecular flexibility index (Phi) is 7.22. The number of halogens is 1. The van der Waals surface area contributed by atoms with Gasteiger partial charge in [-0.25, -0.2) is 0 Å². The summed E-state index contributed by atoms with van der Waals surface area (Å²) in [5.74, 6) is 0.490. The Hall–Kier alpha value is -3.01. The van der Waals surface area contributed by atoms with Gasteiger partial charge in [0.15, 0.2) is 10.6 Å². The molecule has 2 heterocycles. The number of nitrogens with zero attached hydrogens (tertiary/aromatic N) is 4. The maximum Gasteiger partial charge on any atom is 0.242 e. The molecule has 10 heteroatoms. The van der Waals surface area contributed by atoms with Crippen LogP contribution in [0.15, 0.2) is 48.5 Å². The van der Waals surface area contributed by atoms with Gasteiger partial charge in [-0.05, 0) is 37.3 Å². The van der Waals surface area contributed by atoms with E-state index in [1.54, 1.807) is 21.6 Å². The Morgan fingerprint density at radius 1 is 1.09 bits per heavy atom. The van der Waals surface area contributed by atoms with Gasteiger partial charge in [0.25, 0.3) is 0 Å². The van der Waals surface area contributed by atoms with Crippen molar-refractivity contribution in [2.45, 2.75) is 13.5 Å². The van der Waals surface area contributed by atoms with Crippen LogP contribution in [0.25, 0.3) is 11.4 Å². The molecule has 0 saturated carbocycles. The largest absolute Gasteiger partial charge is 0.339 e. The number of aromatic amines is 1. The highest BCUT2D eigenvalue weighted by atomic mass is 35.5. The van der Waals surface area contributed by atoms with Crippen molar-refractivity contribution >= 4 is 41.3 Å². The number of nitrogens with one attached hydrogen (secondary N) is 2. The summed E-state index contributed by atoms with van der Waals surface area (Å²) in [5, 5.41) is 10.5. The first-order valence-electron chi connectivity index (χ1n) is 10.7. The van der Waals surface area contributed by atoms with Gasteiger partial charge in [0.2, 0.25) is 11.8 Å². The first kappa shape index (κ1) is 23.2. The number of hydrogen-bond donors (Lipinski definition) is 2. The number of rotatable bonds is 6. The second-order valence-corrected chi connectivity index (χ2v) is 8.79. The monoisotopic (exact) mass is 484 g/mol. The van der Waals surface area contributed by atoms with Crippen molar-refractivity contribution in [3.8, 4) is 11.4 Å². The van der Waals surface area contributed by atoms with E-state index in [-0.39, 0.29) is 24.9 Å². The van der Waals surface area contributed by atoms with Crippen molar-refractivity contribution in [2.75, 3.05) is 38.0 Å². The van der Waals surface area contributed by atoms with Gasteiger partial charge in [0.1, 0.15) is 6.54 Å². The molecule has 0 aliphatic carbocycles. The molecule has 0 unspecified atom stereocenters. The van der Waals surface area contributed by atoms with Crippen LogP contribution in [-0.4, -0.2) is 69.1 Å². The molecule has 2 aromatic carbocycles. The number of carbonyl (C=O) groups is 2. The van der Waals surface area contributed by atoms with Crippen molar-refractivity contribution < 1.29 is 9.59 Å². The van der Waals surface area contributed by atoms with Gasteiger partial charge in [0.05, 0.1) is 17.3 Å². The molecule has 4 rings (SSSR count). The minimum absolute atomic E-state index is 0.0263. The first-order chi connectivity index (χ1) is 15.9. The SMILES string of the molecule is Cc1cccc(-c2n[nH]c(=S)n2CC(=O)N2CCN(CC(=O)Nc3ccccc3Cl)CC2)c1. The zero-order valence-electron chi connectivity index (χ0n) is 18.3. The zero-order valence-corrected chi connectivity index (χ0v) is 19.8. The molecule has 0 spiro atoms. The third kappa shape index (κ3) is 5.68. The molecule has 2 amide bonds. The summed E-state index contributed by atoms with van der Waals surface area (Å²) in [5.41, 5.74) is 2.61. The Morgan fingerprint density at radius 3 is 2.58 bits per heavy atom. The Bertz CT molecular complexity index is 1220. The van der Waals surface area contributed by atoms with Gasteiger partial charge in [0, 0.05) is 31.7 Å². The average molecular weight is 485 g/mol. The first-order valence-corrected chi connectivity index (χ1v) is 11.5. The molecule has 0 atom stereocenters. The number of carbonyl (C=O) groups excluding carboxylic acids is 2. The van der Waals surface area contributed by atoms with Crippen LogP contribution in [0.2, 0.25) is 5.02 Å². The molecule has 3 aromatic rings. The maximum atomic E-state index is 13.0. The van der Waals surface area contributed by atoms with Gasteiger partial charge in [-0.1, -0.05) is 47.5 Å². The van der Waals surface area contributed by atoms with Crippen LogP contribution in [0, 0.1) is 11.7 Å². The Labute approximate surface area is 202 Å². The number of aryl methyl sites for hydroxylation is 1. The van der Waals surface area contributed by atoms with E-state index in [1.807, 2.05) is 48.2 Å². The van der Waals surface area contributed by atoms with E-state index in [0.29, 0.717) is 47.5 Å². The summed E-state index contributed by atoms with van der Waals surface area (Å²) in [6.45, 7) is 4.69. The smallest absolute Gasteiger partial charge is 0.242 e. The molecule has 1 aliphatic rings. The molecule has 172 valence electrons. The second-order valence-electron chi connectivity index (χ2n) is 7.99. The molecule has 1 aromatic heterocycles. The van der Waals surface area contributed by atoms with Crippen molar-refractivity contribution in [2.24, 2.45) is 0 Å². The number of piperazine rings is 1. The summed E-state index contributed by atoms with van der Waals surface area (Å²) >= 11 is 11.5. The molecule has 8 nitrogen and oxygen atoms in total. The number of amides is 2. The van der Waals surface area contributed by atoms with Crippen LogP contribution in [0.4, 0.5) is 5.69 Å². The molecule has 2 N–H and O–H groups in total. The summed E-state index contributed by atoms with van der Waals surface area (Å²) in [6, 6.07) is 15.1. The minimum atomic E-state index is -0.129. The number of aromatic nitrogens is 3. The van der Waals surface area contributed by atoms with Crippen LogP contribution in [0.3, 0.4) is 0 Å². The van der Waals surface area contributed by atoms with Gasteiger partial charge in [-0.15, -0.1) is 0 Å². The van der Waals surface area contributed by atoms with Crippen LogP contribution in [0.5, 0.6) is 0 Å². The molecule has 0 radical (unpaired) electrons. The Balaban J connectivity index is 1.32. The lowest BCUT2D eigenvalue weighted by Gasteiger charge is -2.34. The molecule has 1 aliphatic heterocycles. The summed E-state index contributed by atoms with van der Waals surface area (Å²) in [6.07, 6.45) is 0. The number of H-pyrrole nitrogens is 1. The quantitative estimate of drug-likeness (QED) is 0.524. The summed E-state index contributed by atoms with van der Waals surface area (Å²) < 4.78 is 2.14. The van der Waals surface area contributed by atoms with E-state index in [1.165, 1.54) is 0 Å². The predicted molar refractivity (Wildman–Crippen MR) is 131 cm³/mol. The van der Waals surface area contributed by atoms with Crippen molar-refractivity contribution in [3.05, 3.63) is 63.9 Å². The van der Waals surface area contributed by atoms with Crippen LogP contribution in [0.1, 0.15) is 5.56 Å². The number of hydrogen-bond acceptors (Lipinski definition) is 5. The topological polar surface area (TPSA) is 86.3 Å². The molecule has 1 fully saturated rings. The molecular formula is C23H25ClN6O2S. The van der Waals surface area contributed by atoms with Crippen LogP contribution in [-0.2, 0) is 16.1 Å². The second kappa shape index (κ2) is 10.3. The van der Waals surface area contributed by atoms with Gasteiger partial charge >= 0.3 is 0 Å². The van der Waals surface area contributed by atoms with E-state index in [2.05, 4.69) is 15.5 Å². The van der Waals surface area contributed by atoms with E-state index in [0.717, 1.165) is 11.1 Å². The average Bonchev–Trinajstić information content (AvgIpc) is 3.16. The van der Waals surface area contributed by atoms with Crippen LogP contribution < -0.4 is 5.32 Å². The van der Waals surface area contributed by atoms with Crippen molar-refractivity contribution in [1.29, 1.82) is 0 Å². The molecule has 0 bridgehead atoms. The normalized spacial score (nSPS) is 14.3. The van der Waals surface area contributed by atoms with Crippen molar-refractivity contribution in [1.82, 2.24) is 24.6 Å². The van der Waals surface area contributed by atoms with E-state index in [9.17, 15) is 9.59 Å². The molecule has 33 heavy (non-hydrogen) atoms. The Morgan fingerprint density at radius 2 is 1.85 bits per heavy atom. The summed E-state index contributed by atoms with van der Waals surface area (Å²) in [4.78, 5) is 29.2. The van der Waals surface area contributed by atoms with E-state index >= 15 is 0 Å². The molecular weight excluding hydrogens is 460 g/mol. The fraction of sp³-hybridized carbons (Fsp3) is 0.304. The highest BCUT2D eigenvalue weighted by Crippen LogP contribution is 2.21. The van der Waals surface area contributed by atoms with Gasteiger partial charge in [-0.3, -0.25) is 24.2 Å². The lowest BCUT2D eigenvalue weighted by Crippen LogP contribution is -2.51. The maximum absolute atomic E-state index is 13.0. The lowest BCUT2D eigenvalue weighted by atomic mass is 10.1.